The molecule has 1 aliphatic heterocycles. The van der Waals surface area contributed by atoms with E-state index in [4.69, 9.17) is 10.5 Å². The first-order chi connectivity index (χ1) is 13.7. The lowest BCUT2D eigenvalue weighted by Gasteiger charge is -2.16. The number of carbonyl (C=O) groups excluding carboxylic acids is 1. The number of aliphatic imine (C=N–C) groups is 1. The summed E-state index contributed by atoms with van der Waals surface area (Å²) in [6, 6.07) is 9.74. The van der Waals surface area contributed by atoms with Gasteiger partial charge in [-0.1, -0.05) is 18.7 Å². The highest BCUT2D eigenvalue weighted by Crippen LogP contribution is 2.38. The van der Waals surface area contributed by atoms with E-state index in [9.17, 15) is 9.18 Å². The highest BCUT2D eigenvalue weighted by molar-refractivity contribution is 5.99. The number of halogens is 1. The molecule has 2 aromatic carbocycles. The van der Waals surface area contributed by atoms with Crippen LogP contribution in [0.15, 0.2) is 59.9 Å². The van der Waals surface area contributed by atoms with E-state index in [1.165, 1.54) is 30.6 Å². The minimum atomic E-state index is -0.601. The maximum absolute atomic E-state index is 13.7. The molecule has 1 amide bonds. The Balaban J connectivity index is 1.75. The van der Waals surface area contributed by atoms with E-state index in [0.717, 1.165) is 28.9 Å². The lowest BCUT2D eigenvalue weighted by Crippen LogP contribution is -2.24. The summed E-state index contributed by atoms with van der Waals surface area (Å²) in [7, 11) is 0. The second-order valence-electron chi connectivity index (χ2n) is 7.58. The Kier molecular flexibility index (Phi) is 5.55. The first kappa shape index (κ1) is 20.3. The van der Waals surface area contributed by atoms with Gasteiger partial charge in [0.15, 0.2) is 0 Å². The molecule has 1 heterocycles. The van der Waals surface area contributed by atoms with Gasteiger partial charge < -0.3 is 15.8 Å². The number of fused-ring (bicyclic) bond motifs is 1. The normalized spacial score (nSPS) is 15.1. The van der Waals surface area contributed by atoms with Crippen molar-refractivity contribution in [2.24, 2.45) is 10.7 Å². The van der Waals surface area contributed by atoms with Crippen LogP contribution in [0.3, 0.4) is 0 Å². The molecule has 0 saturated carbocycles. The molecular formula is C23H24FN3O2. The second-order valence-corrected chi connectivity index (χ2v) is 7.58. The van der Waals surface area contributed by atoms with Gasteiger partial charge in [-0.25, -0.2) is 4.39 Å². The molecule has 0 radical (unpaired) electrons. The van der Waals surface area contributed by atoms with Crippen LogP contribution in [-0.4, -0.2) is 17.7 Å². The monoisotopic (exact) mass is 393 g/mol. The fourth-order valence-corrected chi connectivity index (χ4v) is 3.27. The van der Waals surface area contributed by atoms with Crippen molar-refractivity contribution >= 4 is 17.8 Å². The molecule has 29 heavy (non-hydrogen) atoms. The van der Waals surface area contributed by atoms with Crippen molar-refractivity contribution in [1.29, 1.82) is 0 Å². The number of carbonyl (C=O) groups is 1. The van der Waals surface area contributed by atoms with Gasteiger partial charge in [0.25, 0.3) is 5.91 Å². The number of nitrogens with one attached hydrogen (secondary N) is 1. The molecule has 2 aromatic rings. The van der Waals surface area contributed by atoms with Crippen LogP contribution in [0.4, 0.5) is 4.39 Å². The Hall–Kier alpha value is -3.41. The van der Waals surface area contributed by atoms with Gasteiger partial charge in [0.2, 0.25) is 0 Å². The third-order valence-electron chi connectivity index (χ3n) is 4.60. The van der Waals surface area contributed by atoms with E-state index in [1.54, 1.807) is 6.07 Å². The molecule has 0 bridgehead atoms. The lowest BCUT2D eigenvalue weighted by molar-refractivity contribution is 0.0964. The van der Waals surface area contributed by atoms with Gasteiger partial charge in [-0.2, -0.15) is 0 Å². The standard InChI is InChI=1S/C23H24FN3O2/c1-14-9-21-16(11-23(3,4)29-21)10-18(14)20(12-25)26-13-15(2)27-22(28)17-7-5-6-8-19(17)24/h5-10,12-13H,2,11,25H2,1,3-4H3,(H,27,28)/b20-12-,26-13?. The van der Waals surface area contributed by atoms with Crippen LogP contribution in [-0.2, 0) is 6.42 Å². The average Bonchev–Trinajstić information content (AvgIpc) is 2.95. The number of aryl methyl sites for hydroxylation is 1. The zero-order valence-electron chi connectivity index (χ0n) is 16.8. The first-order valence-electron chi connectivity index (χ1n) is 9.24. The van der Waals surface area contributed by atoms with Crippen LogP contribution < -0.4 is 15.8 Å². The number of benzene rings is 2. The molecule has 0 spiro atoms. The Morgan fingerprint density at radius 1 is 1.31 bits per heavy atom. The van der Waals surface area contributed by atoms with Crippen LogP contribution in [0.1, 0.15) is 40.9 Å². The predicted molar refractivity (Wildman–Crippen MR) is 113 cm³/mol. The molecule has 6 heteroatoms. The fraction of sp³-hybridized carbons (Fsp3) is 0.217. The molecule has 3 N–H and O–H groups in total. The fourth-order valence-electron chi connectivity index (χ4n) is 3.27. The van der Waals surface area contributed by atoms with Crippen molar-refractivity contribution in [2.45, 2.75) is 32.8 Å². The summed E-state index contributed by atoms with van der Waals surface area (Å²) in [5.74, 6) is -0.319. The molecule has 0 aliphatic carbocycles. The number of nitrogens with two attached hydrogens (primary N) is 1. The second kappa shape index (κ2) is 7.91. The van der Waals surface area contributed by atoms with Gasteiger partial charge >= 0.3 is 0 Å². The summed E-state index contributed by atoms with van der Waals surface area (Å²) in [5.41, 5.74) is 9.19. The molecule has 5 nitrogen and oxygen atoms in total. The van der Waals surface area contributed by atoms with Crippen molar-refractivity contribution in [3.63, 3.8) is 0 Å². The van der Waals surface area contributed by atoms with Crippen LogP contribution in [0, 0.1) is 12.7 Å². The number of amides is 1. The van der Waals surface area contributed by atoms with E-state index >= 15 is 0 Å². The third-order valence-corrected chi connectivity index (χ3v) is 4.60. The van der Waals surface area contributed by atoms with Crippen molar-refractivity contribution in [2.75, 3.05) is 0 Å². The molecule has 3 rings (SSSR count). The van der Waals surface area contributed by atoms with Gasteiger partial charge in [0.1, 0.15) is 17.2 Å². The number of allylic oxidation sites excluding steroid dienone is 1. The van der Waals surface area contributed by atoms with Gasteiger partial charge in [-0.15, -0.1) is 0 Å². The van der Waals surface area contributed by atoms with Gasteiger partial charge in [0, 0.05) is 18.2 Å². The van der Waals surface area contributed by atoms with E-state index < -0.39 is 11.7 Å². The van der Waals surface area contributed by atoms with E-state index in [1.807, 2.05) is 32.9 Å². The maximum Gasteiger partial charge on any atom is 0.258 e. The van der Waals surface area contributed by atoms with Crippen LogP contribution in [0.2, 0.25) is 0 Å². The SMILES string of the molecule is C=C(C=N/C(=C\N)c1cc2c(cc1C)OC(C)(C)C2)NC(=O)c1ccccc1F. The zero-order chi connectivity index (χ0) is 21.2. The van der Waals surface area contributed by atoms with E-state index in [0.29, 0.717) is 5.70 Å². The highest BCUT2D eigenvalue weighted by atomic mass is 19.1. The van der Waals surface area contributed by atoms with E-state index in [-0.39, 0.29) is 16.9 Å². The molecule has 0 atom stereocenters. The lowest BCUT2D eigenvalue weighted by atomic mass is 9.97. The minimum Gasteiger partial charge on any atom is -0.487 e. The highest BCUT2D eigenvalue weighted by Gasteiger charge is 2.30. The smallest absolute Gasteiger partial charge is 0.258 e. The number of hydrogen-bond donors (Lipinski definition) is 2. The largest absolute Gasteiger partial charge is 0.487 e. The van der Waals surface area contributed by atoms with Gasteiger partial charge in [-0.3, -0.25) is 9.79 Å². The third kappa shape index (κ3) is 4.54. The molecule has 0 fully saturated rings. The summed E-state index contributed by atoms with van der Waals surface area (Å²) in [6.07, 6.45) is 3.59. The predicted octanol–water partition coefficient (Wildman–Crippen LogP) is 4.12. The Labute approximate surface area is 169 Å². The molecular weight excluding hydrogens is 369 g/mol. The van der Waals surface area contributed by atoms with Crippen LogP contribution in [0.5, 0.6) is 5.75 Å². The minimum absolute atomic E-state index is 0.0614. The Bertz CT molecular complexity index is 1040. The van der Waals surface area contributed by atoms with E-state index in [2.05, 4.69) is 16.9 Å². The zero-order valence-corrected chi connectivity index (χ0v) is 16.8. The Morgan fingerprint density at radius 2 is 2.03 bits per heavy atom. The summed E-state index contributed by atoms with van der Waals surface area (Å²) >= 11 is 0. The molecule has 1 aliphatic rings. The van der Waals surface area contributed by atoms with Crippen molar-refractivity contribution in [3.05, 3.63) is 82.9 Å². The Morgan fingerprint density at radius 3 is 2.72 bits per heavy atom. The molecule has 150 valence electrons. The van der Waals surface area contributed by atoms with Gasteiger partial charge in [0.05, 0.1) is 23.2 Å². The molecule has 0 aromatic heterocycles. The number of rotatable bonds is 5. The van der Waals surface area contributed by atoms with Crippen molar-refractivity contribution in [1.82, 2.24) is 5.32 Å². The summed E-state index contributed by atoms with van der Waals surface area (Å²) in [6.45, 7) is 9.80. The number of nitrogens with zero attached hydrogens (tertiary/aromatic N) is 1. The topological polar surface area (TPSA) is 76.7 Å². The summed E-state index contributed by atoms with van der Waals surface area (Å²) in [5, 5.41) is 2.52. The van der Waals surface area contributed by atoms with Gasteiger partial charge in [-0.05, 0) is 56.2 Å². The molecule has 0 unspecified atom stereocenters. The quantitative estimate of drug-likeness (QED) is 0.750. The van der Waals surface area contributed by atoms with Crippen LogP contribution in [0.25, 0.3) is 5.70 Å². The number of ether oxygens (including phenoxy) is 1. The summed E-state index contributed by atoms with van der Waals surface area (Å²) < 4.78 is 19.7. The number of hydrogen-bond acceptors (Lipinski definition) is 4. The van der Waals surface area contributed by atoms with Crippen molar-refractivity contribution < 1.29 is 13.9 Å². The van der Waals surface area contributed by atoms with Crippen LogP contribution >= 0.6 is 0 Å². The molecule has 0 saturated heterocycles. The average molecular weight is 393 g/mol. The van der Waals surface area contributed by atoms with Crippen molar-refractivity contribution in [3.8, 4) is 5.75 Å². The maximum atomic E-state index is 13.7. The first-order valence-corrected chi connectivity index (χ1v) is 9.24. The summed E-state index contributed by atoms with van der Waals surface area (Å²) in [4.78, 5) is 16.5.